The Hall–Kier alpha value is -1.81. The molecular weight excluding hydrogens is 300 g/mol. The van der Waals surface area contributed by atoms with Gasteiger partial charge < -0.3 is 14.6 Å². The summed E-state index contributed by atoms with van der Waals surface area (Å²) in [5.74, 6) is 0.467. The van der Waals surface area contributed by atoms with Crippen molar-refractivity contribution in [1.82, 2.24) is 9.88 Å². The molecule has 2 aromatic rings. The second-order valence-electron chi connectivity index (χ2n) is 7.91. The Kier molecular flexibility index (Phi) is 3.24. The molecule has 1 aliphatic carbocycles. The SMILES string of the molecule is O=C(OCC12CCN(CC1)CC2)c1c[nH]c2cccc(C3CC3)c12. The Morgan fingerprint density at radius 1 is 1.21 bits per heavy atom. The van der Waals surface area contributed by atoms with Gasteiger partial charge in [-0.2, -0.15) is 0 Å². The largest absolute Gasteiger partial charge is 0.461 e. The van der Waals surface area contributed by atoms with E-state index in [0.29, 0.717) is 12.5 Å². The second-order valence-corrected chi connectivity index (χ2v) is 7.91. The van der Waals surface area contributed by atoms with Crippen LogP contribution in [0.2, 0.25) is 0 Å². The molecule has 0 unspecified atom stereocenters. The van der Waals surface area contributed by atoms with E-state index < -0.39 is 0 Å². The van der Waals surface area contributed by atoms with E-state index >= 15 is 0 Å². The number of carbonyl (C=O) groups excluding carboxylic acids is 1. The van der Waals surface area contributed by atoms with Gasteiger partial charge >= 0.3 is 5.97 Å². The number of rotatable bonds is 4. The van der Waals surface area contributed by atoms with Crippen molar-refractivity contribution >= 4 is 16.9 Å². The fourth-order valence-electron chi connectivity index (χ4n) is 4.52. The van der Waals surface area contributed by atoms with Gasteiger partial charge in [-0.1, -0.05) is 12.1 Å². The third kappa shape index (κ3) is 2.35. The lowest BCUT2D eigenvalue weighted by atomic mass is 9.73. The van der Waals surface area contributed by atoms with E-state index in [-0.39, 0.29) is 11.4 Å². The molecule has 1 N–H and O–H groups in total. The van der Waals surface area contributed by atoms with Crippen LogP contribution in [-0.2, 0) is 4.74 Å². The summed E-state index contributed by atoms with van der Waals surface area (Å²) in [6.45, 7) is 4.07. The van der Waals surface area contributed by atoms with E-state index in [9.17, 15) is 4.79 Å². The zero-order chi connectivity index (χ0) is 16.1. The van der Waals surface area contributed by atoms with Crippen LogP contribution in [0.1, 0.15) is 53.9 Å². The van der Waals surface area contributed by atoms with Crippen molar-refractivity contribution in [1.29, 1.82) is 0 Å². The van der Waals surface area contributed by atoms with Crippen LogP contribution < -0.4 is 0 Å². The molecule has 0 atom stereocenters. The maximum atomic E-state index is 12.8. The highest BCUT2D eigenvalue weighted by molar-refractivity contribution is 6.05. The molecule has 1 saturated carbocycles. The normalized spacial score (nSPS) is 29.1. The summed E-state index contributed by atoms with van der Waals surface area (Å²) in [6.07, 6.45) is 7.81. The van der Waals surface area contributed by atoms with Crippen LogP contribution in [-0.4, -0.2) is 42.1 Å². The first kappa shape index (κ1) is 14.5. The molecule has 4 heteroatoms. The molecule has 1 aromatic carbocycles. The van der Waals surface area contributed by atoms with Crippen molar-refractivity contribution in [3.8, 4) is 0 Å². The number of nitrogens with one attached hydrogen (secondary N) is 1. The first-order chi connectivity index (χ1) is 11.7. The van der Waals surface area contributed by atoms with Gasteiger partial charge in [-0.25, -0.2) is 4.79 Å². The average Bonchev–Trinajstić information content (AvgIpc) is 3.39. The van der Waals surface area contributed by atoms with Gasteiger partial charge in [0.15, 0.2) is 0 Å². The molecule has 4 nitrogen and oxygen atoms in total. The third-order valence-corrected chi connectivity index (χ3v) is 6.36. The van der Waals surface area contributed by atoms with Gasteiger partial charge in [-0.15, -0.1) is 0 Å². The molecule has 0 spiro atoms. The molecule has 4 aliphatic rings. The number of benzene rings is 1. The minimum atomic E-state index is -0.156. The van der Waals surface area contributed by atoms with Gasteiger partial charge in [-0.3, -0.25) is 0 Å². The lowest BCUT2D eigenvalue weighted by Gasteiger charge is -2.47. The van der Waals surface area contributed by atoms with Crippen molar-refractivity contribution < 1.29 is 9.53 Å². The van der Waals surface area contributed by atoms with Gasteiger partial charge in [0.05, 0.1) is 12.2 Å². The zero-order valence-electron chi connectivity index (χ0n) is 14.0. The summed E-state index contributed by atoms with van der Waals surface area (Å²) in [7, 11) is 0. The van der Waals surface area contributed by atoms with Gasteiger partial charge in [-0.05, 0) is 69.3 Å². The van der Waals surface area contributed by atoms with Crippen molar-refractivity contribution in [3.05, 3.63) is 35.5 Å². The predicted octanol–water partition coefficient (Wildman–Crippen LogP) is 3.69. The third-order valence-electron chi connectivity index (χ3n) is 6.36. The van der Waals surface area contributed by atoms with E-state index in [0.717, 1.165) is 36.1 Å². The zero-order valence-corrected chi connectivity index (χ0v) is 14.0. The van der Waals surface area contributed by atoms with E-state index in [4.69, 9.17) is 4.74 Å². The number of piperidine rings is 3. The molecule has 3 saturated heterocycles. The topological polar surface area (TPSA) is 45.3 Å². The molecule has 2 bridgehead atoms. The summed E-state index contributed by atoms with van der Waals surface area (Å²) in [6, 6.07) is 6.30. The number of carbonyl (C=O) groups is 1. The molecule has 4 fully saturated rings. The molecule has 0 radical (unpaired) electrons. The van der Waals surface area contributed by atoms with Crippen LogP contribution in [0.5, 0.6) is 0 Å². The summed E-state index contributed by atoms with van der Waals surface area (Å²) < 4.78 is 5.83. The van der Waals surface area contributed by atoms with Gasteiger partial charge in [0.2, 0.25) is 0 Å². The standard InChI is InChI=1S/C20H24N2O2/c23-19(24-13-20-6-9-22(10-7-20)11-8-20)16-12-21-17-3-1-2-15(18(16)17)14-4-5-14/h1-3,12,14,21H,4-11,13H2. The van der Waals surface area contributed by atoms with Gasteiger partial charge in [0.1, 0.15) is 0 Å². The van der Waals surface area contributed by atoms with E-state index in [1.807, 2.05) is 12.3 Å². The van der Waals surface area contributed by atoms with Crippen LogP contribution in [0.3, 0.4) is 0 Å². The lowest BCUT2D eigenvalue weighted by molar-refractivity contribution is -0.0304. The van der Waals surface area contributed by atoms with Crippen LogP contribution in [0.25, 0.3) is 10.9 Å². The number of ether oxygens (including phenoxy) is 1. The number of hydrogen-bond donors (Lipinski definition) is 1. The smallest absolute Gasteiger partial charge is 0.340 e. The molecule has 24 heavy (non-hydrogen) atoms. The average molecular weight is 324 g/mol. The highest BCUT2D eigenvalue weighted by atomic mass is 16.5. The maximum Gasteiger partial charge on any atom is 0.340 e. The number of nitrogens with zero attached hydrogens (tertiary/aromatic N) is 1. The fourth-order valence-corrected chi connectivity index (χ4v) is 4.52. The number of aromatic amines is 1. The van der Waals surface area contributed by atoms with Crippen LogP contribution in [0.4, 0.5) is 0 Å². The highest BCUT2D eigenvalue weighted by Crippen LogP contribution is 2.44. The first-order valence-corrected chi connectivity index (χ1v) is 9.24. The lowest BCUT2D eigenvalue weighted by Crippen LogP contribution is -2.50. The Labute approximate surface area is 142 Å². The number of H-pyrrole nitrogens is 1. The van der Waals surface area contributed by atoms with E-state index in [2.05, 4.69) is 22.0 Å². The summed E-state index contributed by atoms with van der Waals surface area (Å²) in [4.78, 5) is 18.5. The Bertz CT molecular complexity index is 768. The maximum absolute atomic E-state index is 12.8. The quantitative estimate of drug-likeness (QED) is 0.873. The van der Waals surface area contributed by atoms with Crippen LogP contribution in [0.15, 0.2) is 24.4 Å². The minimum absolute atomic E-state index is 0.156. The molecule has 126 valence electrons. The highest BCUT2D eigenvalue weighted by Gasteiger charge is 2.40. The predicted molar refractivity (Wildman–Crippen MR) is 93.3 cm³/mol. The van der Waals surface area contributed by atoms with Crippen molar-refractivity contribution in [2.75, 3.05) is 26.2 Å². The molecule has 6 rings (SSSR count). The van der Waals surface area contributed by atoms with Crippen molar-refractivity contribution in [3.63, 3.8) is 0 Å². The fraction of sp³-hybridized carbons (Fsp3) is 0.550. The molecule has 4 heterocycles. The summed E-state index contributed by atoms with van der Waals surface area (Å²) in [5.41, 5.74) is 3.31. The molecule has 0 amide bonds. The summed E-state index contributed by atoms with van der Waals surface area (Å²) in [5, 5.41) is 1.08. The molecule has 1 aromatic heterocycles. The second kappa shape index (κ2) is 5.35. The number of fused-ring (bicyclic) bond motifs is 4. The molecule has 3 aliphatic heterocycles. The minimum Gasteiger partial charge on any atom is -0.461 e. The van der Waals surface area contributed by atoms with Crippen LogP contribution in [0, 0.1) is 5.41 Å². The van der Waals surface area contributed by atoms with E-state index in [1.165, 1.54) is 37.7 Å². The van der Waals surface area contributed by atoms with Gasteiger partial charge in [0, 0.05) is 22.5 Å². The number of aromatic nitrogens is 1. The van der Waals surface area contributed by atoms with E-state index in [1.54, 1.807) is 0 Å². The Morgan fingerprint density at radius 3 is 2.67 bits per heavy atom. The number of esters is 1. The van der Waals surface area contributed by atoms with Crippen molar-refractivity contribution in [2.24, 2.45) is 5.41 Å². The van der Waals surface area contributed by atoms with Gasteiger partial charge in [0.25, 0.3) is 0 Å². The van der Waals surface area contributed by atoms with Crippen molar-refractivity contribution in [2.45, 2.75) is 38.0 Å². The number of hydrogen-bond acceptors (Lipinski definition) is 3. The Balaban J connectivity index is 1.38. The molecular formula is C20H24N2O2. The Morgan fingerprint density at radius 2 is 1.96 bits per heavy atom. The summed E-state index contributed by atoms with van der Waals surface area (Å²) >= 11 is 0. The first-order valence-electron chi connectivity index (χ1n) is 9.24. The monoisotopic (exact) mass is 324 g/mol. The van der Waals surface area contributed by atoms with Crippen LogP contribution >= 0.6 is 0 Å².